The van der Waals surface area contributed by atoms with E-state index in [1.54, 1.807) is 0 Å². The van der Waals surface area contributed by atoms with Gasteiger partial charge in [0.05, 0.1) is 0 Å². The molecule has 0 aromatic heterocycles. The maximum Gasteiger partial charge on any atom is 0.0406 e. The van der Waals surface area contributed by atoms with Crippen molar-refractivity contribution in [3.63, 3.8) is 0 Å². The number of nitrogens with one attached hydrogen (secondary N) is 1. The fraction of sp³-hybridized carbons (Fsp3) is 0.600. The second-order valence-electron chi connectivity index (χ2n) is 5.95. The van der Waals surface area contributed by atoms with Gasteiger partial charge in [0.15, 0.2) is 0 Å². The van der Waals surface area contributed by atoms with Crippen LogP contribution in [0.25, 0.3) is 0 Å². The van der Waals surface area contributed by atoms with Gasteiger partial charge < -0.3 is 5.32 Å². The molecule has 1 N–H and O–H groups in total. The van der Waals surface area contributed by atoms with E-state index < -0.39 is 0 Å². The Balaban J connectivity index is 2.57. The molecule has 0 spiro atoms. The van der Waals surface area contributed by atoms with Crippen LogP contribution in [0.3, 0.4) is 0 Å². The molecule has 0 saturated heterocycles. The lowest BCUT2D eigenvalue weighted by Crippen LogP contribution is -2.39. The molecule has 17 heavy (non-hydrogen) atoms. The monoisotopic (exact) mass is 253 g/mol. The molecule has 0 radical (unpaired) electrons. The second-order valence-corrected chi connectivity index (χ2v) is 6.38. The minimum atomic E-state index is 0.188. The normalized spacial score (nSPS) is 15.6. The summed E-state index contributed by atoms with van der Waals surface area (Å²) in [6, 6.07) is 8.19. The average molecular weight is 254 g/mol. The smallest absolute Gasteiger partial charge is 0.0406 e. The molecule has 0 aliphatic rings. The number of rotatable bonds is 4. The zero-order chi connectivity index (χ0) is 13.1. The van der Waals surface area contributed by atoms with Crippen LogP contribution in [-0.2, 0) is 0 Å². The summed E-state index contributed by atoms with van der Waals surface area (Å²) in [6.45, 7) is 12.2. The first-order valence-corrected chi connectivity index (χ1v) is 6.68. The first-order chi connectivity index (χ1) is 7.79. The summed E-state index contributed by atoms with van der Waals surface area (Å²) in [5.74, 6) is 1.15. The third-order valence-corrected chi connectivity index (χ3v) is 3.46. The summed E-state index contributed by atoms with van der Waals surface area (Å²) in [5.41, 5.74) is 1.55. The molecule has 0 saturated carbocycles. The van der Waals surface area contributed by atoms with Crippen LogP contribution in [0.5, 0.6) is 0 Å². The molecule has 0 fully saturated rings. The fourth-order valence-corrected chi connectivity index (χ4v) is 1.86. The van der Waals surface area contributed by atoms with Gasteiger partial charge in [-0.15, -0.1) is 0 Å². The predicted octanol–water partition coefficient (Wildman–Crippen LogP) is 4.47. The Kier molecular flexibility index (Phi) is 5.03. The highest BCUT2D eigenvalue weighted by molar-refractivity contribution is 6.30. The molecule has 96 valence electrons. The molecule has 2 unspecified atom stereocenters. The van der Waals surface area contributed by atoms with Gasteiger partial charge in [-0.1, -0.05) is 37.6 Å². The summed E-state index contributed by atoms with van der Waals surface area (Å²) in [5, 5.41) is 4.36. The van der Waals surface area contributed by atoms with E-state index in [2.05, 4.69) is 52.1 Å². The molecular formula is C15H24ClN. The summed E-state index contributed by atoms with van der Waals surface area (Å²) >= 11 is 5.90. The van der Waals surface area contributed by atoms with Crippen LogP contribution >= 0.6 is 11.6 Å². The first kappa shape index (κ1) is 14.5. The molecule has 0 bridgehead atoms. The molecule has 2 atom stereocenters. The van der Waals surface area contributed by atoms with Gasteiger partial charge in [-0.3, -0.25) is 0 Å². The lowest BCUT2D eigenvalue weighted by molar-refractivity contribution is 0.359. The summed E-state index contributed by atoms with van der Waals surface area (Å²) < 4.78 is 0. The van der Waals surface area contributed by atoms with Crippen molar-refractivity contribution in [3.8, 4) is 0 Å². The number of hydrogen-bond acceptors (Lipinski definition) is 1. The van der Waals surface area contributed by atoms with E-state index in [1.165, 1.54) is 5.56 Å². The van der Waals surface area contributed by atoms with Crippen molar-refractivity contribution in [2.45, 2.75) is 46.1 Å². The minimum Gasteiger partial charge on any atom is -0.312 e. The Morgan fingerprint density at radius 3 is 2.12 bits per heavy atom. The minimum absolute atomic E-state index is 0.188. The first-order valence-electron chi connectivity index (χ1n) is 6.30. The van der Waals surface area contributed by atoms with Crippen LogP contribution in [-0.4, -0.2) is 12.1 Å². The van der Waals surface area contributed by atoms with Crippen molar-refractivity contribution >= 4 is 11.6 Å². The van der Waals surface area contributed by atoms with Gasteiger partial charge in [-0.05, 0) is 56.8 Å². The van der Waals surface area contributed by atoms with Crippen LogP contribution in [0.2, 0.25) is 5.02 Å². The van der Waals surface area contributed by atoms with Gasteiger partial charge in [0, 0.05) is 10.6 Å². The van der Waals surface area contributed by atoms with Gasteiger partial charge in [0.2, 0.25) is 0 Å². The van der Waals surface area contributed by atoms with Gasteiger partial charge in [0.25, 0.3) is 0 Å². The summed E-state index contributed by atoms with van der Waals surface area (Å²) in [6.07, 6.45) is 0. The molecular weight excluding hydrogens is 230 g/mol. The standard InChI is InChI=1S/C15H24ClN/c1-11(10-17-15(3,4)5)12(2)13-6-8-14(16)9-7-13/h6-9,11-12,17H,10H2,1-5H3. The van der Waals surface area contributed by atoms with Crippen molar-refractivity contribution < 1.29 is 0 Å². The van der Waals surface area contributed by atoms with Crippen molar-refractivity contribution in [1.82, 2.24) is 5.32 Å². The zero-order valence-corrected chi connectivity index (χ0v) is 12.3. The van der Waals surface area contributed by atoms with E-state index in [0.717, 1.165) is 11.6 Å². The third-order valence-electron chi connectivity index (χ3n) is 3.20. The fourth-order valence-electron chi connectivity index (χ4n) is 1.74. The van der Waals surface area contributed by atoms with E-state index in [1.807, 2.05) is 12.1 Å². The van der Waals surface area contributed by atoms with E-state index >= 15 is 0 Å². The average Bonchev–Trinajstić information content (AvgIpc) is 2.25. The molecule has 0 heterocycles. The molecule has 1 aromatic rings. The van der Waals surface area contributed by atoms with Crippen molar-refractivity contribution in [1.29, 1.82) is 0 Å². The van der Waals surface area contributed by atoms with Gasteiger partial charge in [0.1, 0.15) is 0 Å². The van der Waals surface area contributed by atoms with Crippen LogP contribution in [0.15, 0.2) is 24.3 Å². The van der Waals surface area contributed by atoms with Gasteiger partial charge in [-0.2, -0.15) is 0 Å². The topological polar surface area (TPSA) is 12.0 Å². The molecule has 1 nitrogen and oxygen atoms in total. The molecule has 0 amide bonds. The van der Waals surface area contributed by atoms with Crippen molar-refractivity contribution in [2.75, 3.05) is 6.54 Å². The summed E-state index contributed by atoms with van der Waals surface area (Å²) in [4.78, 5) is 0. The Bertz CT molecular complexity index is 337. The quantitative estimate of drug-likeness (QED) is 0.835. The van der Waals surface area contributed by atoms with E-state index in [9.17, 15) is 0 Å². The van der Waals surface area contributed by atoms with Crippen LogP contribution < -0.4 is 5.32 Å². The molecule has 2 heteroatoms. The Morgan fingerprint density at radius 2 is 1.65 bits per heavy atom. The summed E-state index contributed by atoms with van der Waals surface area (Å²) in [7, 11) is 0. The molecule has 0 aliphatic carbocycles. The third kappa shape index (κ3) is 5.10. The SMILES string of the molecule is CC(CNC(C)(C)C)C(C)c1ccc(Cl)cc1. The van der Waals surface area contributed by atoms with E-state index in [0.29, 0.717) is 11.8 Å². The highest BCUT2D eigenvalue weighted by Gasteiger charge is 2.17. The Hall–Kier alpha value is -0.530. The van der Waals surface area contributed by atoms with Crippen molar-refractivity contribution in [2.24, 2.45) is 5.92 Å². The van der Waals surface area contributed by atoms with Gasteiger partial charge in [-0.25, -0.2) is 0 Å². The number of benzene rings is 1. The van der Waals surface area contributed by atoms with Crippen LogP contribution in [0.4, 0.5) is 0 Å². The maximum absolute atomic E-state index is 5.90. The number of hydrogen-bond donors (Lipinski definition) is 1. The van der Waals surface area contributed by atoms with Gasteiger partial charge >= 0.3 is 0 Å². The van der Waals surface area contributed by atoms with Crippen molar-refractivity contribution in [3.05, 3.63) is 34.9 Å². The molecule has 0 aliphatic heterocycles. The predicted molar refractivity (Wildman–Crippen MR) is 76.8 cm³/mol. The van der Waals surface area contributed by atoms with E-state index in [4.69, 9.17) is 11.6 Å². The van der Waals surface area contributed by atoms with Crippen LogP contribution in [0, 0.1) is 5.92 Å². The second kappa shape index (κ2) is 5.88. The van der Waals surface area contributed by atoms with E-state index in [-0.39, 0.29) is 5.54 Å². The Morgan fingerprint density at radius 1 is 1.12 bits per heavy atom. The Labute approximate surface area is 111 Å². The molecule has 1 rings (SSSR count). The lowest BCUT2D eigenvalue weighted by Gasteiger charge is -2.27. The largest absolute Gasteiger partial charge is 0.312 e. The highest BCUT2D eigenvalue weighted by Crippen LogP contribution is 2.25. The number of halogens is 1. The lowest BCUT2D eigenvalue weighted by atomic mass is 9.88. The van der Waals surface area contributed by atoms with Crippen LogP contribution in [0.1, 0.15) is 46.1 Å². The maximum atomic E-state index is 5.90. The molecule has 1 aromatic carbocycles. The zero-order valence-electron chi connectivity index (χ0n) is 11.5. The highest BCUT2D eigenvalue weighted by atomic mass is 35.5.